The summed E-state index contributed by atoms with van der Waals surface area (Å²) in [5.74, 6) is 1.07. The van der Waals surface area contributed by atoms with E-state index in [1.54, 1.807) is 6.26 Å². The van der Waals surface area contributed by atoms with Crippen molar-refractivity contribution in [3.8, 4) is 0 Å². The molecule has 0 radical (unpaired) electrons. The first-order valence-corrected chi connectivity index (χ1v) is 5.81. The van der Waals surface area contributed by atoms with Crippen LogP contribution in [0.2, 0.25) is 0 Å². The van der Waals surface area contributed by atoms with Gasteiger partial charge >= 0.3 is 0 Å². The summed E-state index contributed by atoms with van der Waals surface area (Å²) in [6, 6.07) is 2.04. The summed E-state index contributed by atoms with van der Waals surface area (Å²) in [5.41, 5.74) is 1.58. The van der Waals surface area contributed by atoms with E-state index >= 15 is 0 Å². The van der Waals surface area contributed by atoms with Crippen LogP contribution in [-0.4, -0.2) is 25.5 Å². The van der Waals surface area contributed by atoms with Gasteiger partial charge in [-0.1, -0.05) is 20.8 Å². The molecule has 0 spiro atoms. The molecule has 0 saturated carbocycles. The summed E-state index contributed by atoms with van der Waals surface area (Å²) in [4.78, 5) is 2.30. The number of rotatable bonds is 5. The number of nitrogens with zero attached hydrogens (tertiary/aromatic N) is 1. The van der Waals surface area contributed by atoms with Gasteiger partial charge < -0.3 is 9.73 Å². The molecule has 1 aromatic heterocycles. The third-order valence-corrected chi connectivity index (χ3v) is 2.36. The zero-order chi connectivity index (χ0) is 12.2. The van der Waals surface area contributed by atoms with Gasteiger partial charge in [-0.05, 0) is 25.6 Å². The molecule has 16 heavy (non-hydrogen) atoms. The molecule has 0 aliphatic rings. The Morgan fingerprint density at radius 1 is 1.38 bits per heavy atom. The highest BCUT2D eigenvalue weighted by atomic mass is 16.3. The molecule has 0 saturated heterocycles. The summed E-state index contributed by atoms with van der Waals surface area (Å²) in [6.45, 7) is 9.56. The largest absolute Gasteiger partial charge is 0.468 e. The fourth-order valence-electron chi connectivity index (χ4n) is 1.96. The number of furan rings is 1. The second-order valence-electron chi connectivity index (χ2n) is 5.63. The van der Waals surface area contributed by atoms with E-state index in [9.17, 15) is 0 Å². The SMILES string of the molecule is CNCc1ccoc1CN(C)CC(C)(C)C. The van der Waals surface area contributed by atoms with Gasteiger partial charge in [0.25, 0.3) is 0 Å². The van der Waals surface area contributed by atoms with Gasteiger partial charge in [0, 0.05) is 18.7 Å². The van der Waals surface area contributed by atoms with Gasteiger partial charge in [-0.15, -0.1) is 0 Å². The second kappa shape index (κ2) is 5.51. The first-order valence-electron chi connectivity index (χ1n) is 5.81. The fraction of sp³-hybridized carbons (Fsp3) is 0.692. The smallest absolute Gasteiger partial charge is 0.122 e. The van der Waals surface area contributed by atoms with Crippen LogP contribution in [0, 0.1) is 5.41 Å². The van der Waals surface area contributed by atoms with Gasteiger partial charge in [-0.3, -0.25) is 4.90 Å². The summed E-state index contributed by atoms with van der Waals surface area (Å²) in [5, 5.41) is 3.15. The molecule has 0 atom stereocenters. The predicted octanol–water partition coefficient (Wildman–Crippen LogP) is 2.48. The normalized spacial score (nSPS) is 12.4. The van der Waals surface area contributed by atoms with Crippen molar-refractivity contribution in [2.45, 2.75) is 33.9 Å². The van der Waals surface area contributed by atoms with E-state index in [2.05, 4.69) is 38.0 Å². The predicted molar refractivity (Wildman–Crippen MR) is 67.3 cm³/mol. The Labute approximate surface area is 98.8 Å². The maximum absolute atomic E-state index is 5.52. The molecule has 0 unspecified atom stereocenters. The third-order valence-electron chi connectivity index (χ3n) is 2.36. The monoisotopic (exact) mass is 224 g/mol. The minimum atomic E-state index is 0.324. The van der Waals surface area contributed by atoms with E-state index in [4.69, 9.17) is 4.42 Å². The van der Waals surface area contributed by atoms with Crippen LogP contribution in [0.4, 0.5) is 0 Å². The molecule has 1 heterocycles. The third kappa shape index (κ3) is 4.37. The molecular formula is C13H24N2O. The summed E-state index contributed by atoms with van der Waals surface area (Å²) in [6.07, 6.45) is 1.77. The van der Waals surface area contributed by atoms with Crippen molar-refractivity contribution in [3.05, 3.63) is 23.7 Å². The highest BCUT2D eigenvalue weighted by Crippen LogP contribution is 2.18. The quantitative estimate of drug-likeness (QED) is 0.833. The highest BCUT2D eigenvalue weighted by molar-refractivity contribution is 5.16. The Morgan fingerprint density at radius 3 is 2.62 bits per heavy atom. The van der Waals surface area contributed by atoms with E-state index < -0.39 is 0 Å². The lowest BCUT2D eigenvalue weighted by Gasteiger charge is -2.26. The molecule has 1 rings (SSSR count). The van der Waals surface area contributed by atoms with E-state index in [1.165, 1.54) is 5.56 Å². The van der Waals surface area contributed by atoms with Crippen molar-refractivity contribution < 1.29 is 4.42 Å². The van der Waals surface area contributed by atoms with Crippen molar-refractivity contribution in [1.29, 1.82) is 0 Å². The summed E-state index contributed by atoms with van der Waals surface area (Å²) >= 11 is 0. The molecule has 1 N–H and O–H groups in total. The van der Waals surface area contributed by atoms with Crippen molar-refractivity contribution in [2.24, 2.45) is 5.41 Å². The molecule has 0 aliphatic carbocycles. The number of hydrogen-bond donors (Lipinski definition) is 1. The maximum Gasteiger partial charge on any atom is 0.122 e. The van der Waals surface area contributed by atoms with Crippen molar-refractivity contribution >= 4 is 0 Å². The van der Waals surface area contributed by atoms with Crippen LogP contribution in [0.5, 0.6) is 0 Å². The van der Waals surface area contributed by atoms with E-state index in [0.29, 0.717) is 5.41 Å². The second-order valence-corrected chi connectivity index (χ2v) is 5.63. The van der Waals surface area contributed by atoms with Gasteiger partial charge in [0.05, 0.1) is 12.8 Å². The van der Waals surface area contributed by atoms with Crippen molar-refractivity contribution in [3.63, 3.8) is 0 Å². The molecule has 0 amide bonds. The van der Waals surface area contributed by atoms with Crippen LogP contribution >= 0.6 is 0 Å². The first-order chi connectivity index (χ1) is 7.42. The number of nitrogens with one attached hydrogen (secondary N) is 1. The zero-order valence-corrected chi connectivity index (χ0v) is 11.1. The Bertz CT molecular complexity index is 312. The number of hydrogen-bond acceptors (Lipinski definition) is 3. The van der Waals surface area contributed by atoms with Gasteiger partial charge in [-0.2, -0.15) is 0 Å². The van der Waals surface area contributed by atoms with Crippen LogP contribution in [0.25, 0.3) is 0 Å². The van der Waals surface area contributed by atoms with Gasteiger partial charge in [-0.25, -0.2) is 0 Å². The van der Waals surface area contributed by atoms with Gasteiger partial charge in [0.2, 0.25) is 0 Å². The lowest BCUT2D eigenvalue weighted by molar-refractivity contribution is 0.207. The van der Waals surface area contributed by atoms with Crippen LogP contribution < -0.4 is 5.32 Å². The van der Waals surface area contributed by atoms with Crippen LogP contribution in [0.1, 0.15) is 32.1 Å². The average Bonchev–Trinajstić information content (AvgIpc) is 2.50. The molecule has 1 aromatic rings. The van der Waals surface area contributed by atoms with Crippen LogP contribution in [0.3, 0.4) is 0 Å². The molecule has 0 fully saturated rings. The topological polar surface area (TPSA) is 28.4 Å². The lowest BCUT2D eigenvalue weighted by atomic mass is 9.96. The Morgan fingerprint density at radius 2 is 2.06 bits per heavy atom. The minimum Gasteiger partial charge on any atom is -0.468 e. The van der Waals surface area contributed by atoms with Crippen LogP contribution in [-0.2, 0) is 13.1 Å². The van der Waals surface area contributed by atoms with E-state index in [-0.39, 0.29) is 0 Å². The Kier molecular flexibility index (Phi) is 4.56. The van der Waals surface area contributed by atoms with Gasteiger partial charge in [0.15, 0.2) is 0 Å². The molecule has 92 valence electrons. The van der Waals surface area contributed by atoms with E-state index in [1.807, 2.05) is 13.1 Å². The summed E-state index contributed by atoms with van der Waals surface area (Å²) in [7, 11) is 4.09. The maximum atomic E-state index is 5.52. The highest BCUT2D eigenvalue weighted by Gasteiger charge is 2.15. The molecule has 0 aromatic carbocycles. The molecule has 0 aliphatic heterocycles. The van der Waals surface area contributed by atoms with Crippen molar-refractivity contribution in [1.82, 2.24) is 10.2 Å². The van der Waals surface area contributed by atoms with E-state index in [0.717, 1.165) is 25.4 Å². The molecular weight excluding hydrogens is 200 g/mol. The van der Waals surface area contributed by atoms with Gasteiger partial charge in [0.1, 0.15) is 5.76 Å². The standard InChI is InChI=1S/C13H24N2O/c1-13(2,3)10-15(5)9-12-11(8-14-4)6-7-16-12/h6-7,14H,8-10H2,1-5H3. The summed E-state index contributed by atoms with van der Waals surface area (Å²) < 4.78 is 5.52. The van der Waals surface area contributed by atoms with Crippen LogP contribution in [0.15, 0.2) is 16.7 Å². The average molecular weight is 224 g/mol. The lowest BCUT2D eigenvalue weighted by Crippen LogP contribution is -2.29. The molecule has 3 heteroatoms. The Hall–Kier alpha value is -0.800. The van der Waals surface area contributed by atoms with Crippen molar-refractivity contribution in [2.75, 3.05) is 20.6 Å². The minimum absolute atomic E-state index is 0.324. The zero-order valence-electron chi connectivity index (χ0n) is 11.1. The molecule has 3 nitrogen and oxygen atoms in total. The first kappa shape index (κ1) is 13.3. The molecule has 0 bridgehead atoms. The Balaban J connectivity index is 2.55. The fourth-order valence-corrected chi connectivity index (χ4v) is 1.96.